The Morgan fingerprint density at radius 1 is 1.39 bits per heavy atom. The van der Waals surface area contributed by atoms with Gasteiger partial charge in [-0.2, -0.15) is 5.10 Å². The molecule has 0 amide bonds. The SMILES string of the molecule is CNC1CCCc2c1cnn2-c1ccccc1F. The summed E-state index contributed by atoms with van der Waals surface area (Å²) in [6.07, 6.45) is 5.05. The van der Waals surface area contributed by atoms with E-state index in [4.69, 9.17) is 0 Å². The molecular weight excluding hydrogens is 229 g/mol. The first-order chi connectivity index (χ1) is 8.81. The van der Waals surface area contributed by atoms with Crippen molar-refractivity contribution in [2.75, 3.05) is 7.05 Å². The van der Waals surface area contributed by atoms with Crippen molar-refractivity contribution in [2.24, 2.45) is 0 Å². The van der Waals surface area contributed by atoms with Gasteiger partial charge >= 0.3 is 0 Å². The molecule has 2 aromatic rings. The van der Waals surface area contributed by atoms with E-state index < -0.39 is 0 Å². The second-order valence-electron chi connectivity index (χ2n) is 4.64. The van der Waals surface area contributed by atoms with Gasteiger partial charge in [0.1, 0.15) is 11.5 Å². The van der Waals surface area contributed by atoms with Gasteiger partial charge in [-0.1, -0.05) is 12.1 Å². The molecule has 1 aromatic carbocycles. The fraction of sp³-hybridized carbons (Fsp3) is 0.357. The monoisotopic (exact) mass is 245 g/mol. The average Bonchev–Trinajstić information content (AvgIpc) is 2.83. The minimum absolute atomic E-state index is 0.227. The van der Waals surface area contributed by atoms with E-state index in [1.54, 1.807) is 16.8 Å². The van der Waals surface area contributed by atoms with Gasteiger partial charge in [-0.25, -0.2) is 9.07 Å². The number of hydrogen-bond acceptors (Lipinski definition) is 2. The highest BCUT2D eigenvalue weighted by Gasteiger charge is 2.24. The Balaban J connectivity index is 2.10. The van der Waals surface area contributed by atoms with Gasteiger partial charge < -0.3 is 5.32 Å². The van der Waals surface area contributed by atoms with Crippen LogP contribution in [0.3, 0.4) is 0 Å². The summed E-state index contributed by atoms with van der Waals surface area (Å²) < 4.78 is 15.6. The molecule has 3 nitrogen and oxygen atoms in total. The fourth-order valence-electron chi connectivity index (χ4n) is 2.69. The standard InChI is InChI=1S/C14H16FN3/c1-16-12-6-4-8-13-10(12)9-17-18(13)14-7-3-2-5-11(14)15/h2-3,5,7,9,12,16H,4,6,8H2,1H3. The van der Waals surface area contributed by atoms with Gasteiger partial charge in [0, 0.05) is 17.3 Å². The number of nitrogens with zero attached hydrogens (tertiary/aromatic N) is 2. The van der Waals surface area contributed by atoms with Crippen LogP contribution in [0.4, 0.5) is 4.39 Å². The van der Waals surface area contributed by atoms with E-state index in [2.05, 4.69) is 10.4 Å². The molecule has 18 heavy (non-hydrogen) atoms. The summed E-state index contributed by atoms with van der Waals surface area (Å²) in [6, 6.07) is 7.12. The Bertz CT molecular complexity index is 562. The number of fused-ring (bicyclic) bond motifs is 1. The van der Waals surface area contributed by atoms with Crippen molar-refractivity contribution in [2.45, 2.75) is 25.3 Å². The molecule has 1 aliphatic carbocycles. The maximum absolute atomic E-state index is 13.8. The van der Waals surface area contributed by atoms with E-state index in [9.17, 15) is 4.39 Å². The number of halogens is 1. The molecule has 1 unspecified atom stereocenters. The van der Waals surface area contributed by atoms with Gasteiger partial charge in [-0.3, -0.25) is 0 Å². The quantitative estimate of drug-likeness (QED) is 0.881. The van der Waals surface area contributed by atoms with Crippen molar-refractivity contribution >= 4 is 0 Å². The van der Waals surface area contributed by atoms with Crippen LogP contribution in [-0.2, 0) is 6.42 Å². The Labute approximate surface area is 106 Å². The van der Waals surface area contributed by atoms with Crippen molar-refractivity contribution in [3.63, 3.8) is 0 Å². The second-order valence-corrected chi connectivity index (χ2v) is 4.64. The third-order valence-electron chi connectivity index (χ3n) is 3.61. The lowest BCUT2D eigenvalue weighted by Gasteiger charge is -2.22. The maximum Gasteiger partial charge on any atom is 0.148 e. The molecule has 1 N–H and O–H groups in total. The lowest BCUT2D eigenvalue weighted by Crippen LogP contribution is -2.21. The number of nitrogens with one attached hydrogen (secondary N) is 1. The predicted octanol–water partition coefficient (Wildman–Crippen LogP) is 2.61. The van der Waals surface area contributed by atoms with Gasteiger partial charge in [-0.05, 0) is 38.4 Å². The van der Waals surface area contributed by atoms with Gasteiger partial charge in [0.25, 0.3) is 0 Å². The second kappa shape index (κ2) is 4.53. The van der Waals surface area contributed by atoms with E-state index in [0.29, 0.717) is 11.7 Å². The zero-order valence-electron chi connectivity index (χ0n) is 10.4. The highest BCUT2D eigenvalue weighted by Crippen LogP contribution is 2.31. The highest BCUT2D eigenvalue weighted by molar-refractivity contribution is 5.38. The molecule has 0 aliphatic heterocycles. The molecule has 0 radical (unpaired) electrons. The van der Waals surface area contributed by atoms with Gasteiger partial charge in [0.05, 0.1) is 6.20 Å². The van der Waals surface area contributed by atoms with Crippen molar-refractivity contribution in [3.05, 3.63) is 47.5 Å². The smallest absolute Gasteiger partial charge is 0.148 e. The lowest BCUT2D eigenvalue weighted by atomic mass is 9.93. The average molecular weight is 245 g/mol. The normalized spacial score (nSPS) is 18.7. The minimum atomic E-state index is -0.227. The number of hydrogen-bond donors (Lipinski definition) is 1. The summed E-state index contributed by atoms with van der Waals surface area (Å²) in [5.41, 5.74) is 2.87. The summed E-state index contributed by atoms with van der Waals surface area (Å²) in [6.45, 7) is 0. The molecule has 1 heterocycles. The zero-order chi connectivity index (χ0) is 12.5. The van der Waals surface area contributed by atoms with E-state index in [1.165, 1.54) is 11.6 Å². The topological polar surface area (TPSA) is 29.9 Å². The van der Waals surface area contributed by atoms with Crippen LogP contribution in [0.25, 0.3) is 5.69 Å². The third-order valence-corrected chi connectivity index (χ3v) is 3.61. The van der Waals surface area contributed by atoms with Crippen molar-refractivity contribution in [3.8, 4) is 5.69 Å². The molecule has 0 spiro atoms. The summed E-state index contributed by atoms with van der Waals surface area (Å²) in [5.74, 6) is -0.227. The summed E-state index contributed by atoms with van der Waals surface area (Å²) in [4.78, 5) is 0. The van der Waals surface area contributed by atoms with Crippen LogP contribution in [0.15, 0.2) is 30.5 Å². The van der Waals surface area contributed by atoms with Crippen molar-refractivity contribution in [1.82, 2.24) is 15.1 Å². The molecule has 1 atom stereocenters. The first-order valence-electron chi connectivity index (χ1n) is 6.30. The Hall–Kier alpha value is -1.68. The number of para-hydroxylation sites is 1. The summed E-state index contributed by atoms with van der Waals surface area (Å²) in [5, 5.41) is 7.66. The lowest BCUT2D eigenvalue weighted by molar-refractivity contribution is 0.488. The molecule has 3 rings (SSSR count). The molecule has 0 saturated carbocycles. The Morgan fingerprint density at radius 3 is 3.00 bits per heavy atom. The minimum Gasteiger partial charge on any atom is -0.313 e. The van der Waals surface area contributed by atoms with E-state index in [-0.39, 0.29) is 5.82 Å². The van der Waals surface area contributed by atoms with Crippen LogP contribution >= 0.6 is 0 Å². The van der Waals surface area contributed by atoms with Crippen LogP contribution in [0.2, 0.25) is 0 Å². The number of benzene rings is 1. The first-order valence-corrected chi connectivity index (χ1v) is 6.30. The number of rotatable bonds is 2. The van der Waals surface area contributed by atoms with E-state index in [1.807, 2.05) is 19.3 Å². The molecular formula is C14H16FN3. The molecule has 4 heteroatoms. The largest absolute Gasteiger partial charge is 0.313 e. The highest BCUT2D eigenvalue weighted by atomic mass is 19.1. The van der Waals surface area contributed by atoms with Crippen LogP contribution in [0.1, 0.15) is 30.1 Å². The van der Waals surface area contributed by atoms with Crippen LogP contribution in [-0.4, -0.2) is 16.8 Å². The third kappa shape index (κ3) is 1.73. The molecule has 0 bridgehead atoms. The summed E-state index contributed by atoms with van der Waals surface area (Å²) in [7, 11) is 1.96. The first kappa shape index (κ1) is 11.4. The fourth-order valence-corrected chi connectivity index (χ4v) is 2.69. The Kier molecular flexibility index (Phi) is 2.88. The van der Waals surface area contributed by atoms with Gasteiger partial charge in [0.15, 0.2) is 0 Å². The maximum atomic E-state index is 13.8. The predicted molar refractivity (Wildman–Crippen MR) is 68.3 cm³/mol. The molecule has 1 aromatic heterocycles. The van der Waals surface area contributed by atoms with Crippen molar-refractivity contribution in [1.29, 1.82) is 0 Å². The van der Waals surface area contributed by atoms with Crippen LogP contribution in [0.5, 0.6) is 0 Å². The molecule has 0 fully saturated rings. The van der Waals surface area contributed by atoms with Gasteiger partial charge in [-0.15, -0.1) is 0 Å². The molecule has 94 valence electrons. The Morgan fingerprint density at radius 2 is 2.22 bits per heavy atom. The van der Waals surface area contributed by atoms with E-state index in [0.717, 1.165) is 25.0 Å². The van der Waals surface area contributed by atoms with E-state index >= 15 is 0 Å². The van der Waals surface area contributed by atoms with Crippen LogP contribution in [0, 0.1) is 5.82 Å². The van der Waals surface area contributed by atoms with Crippen LogP contribution < -0.4 is 5.32 Å². The van der Waals surface area contributed by atoms with Gasteiger partial charge in [0.2, 0.25) is 0 Å². The zero-order valence-corrected chi connectivity index (χ0v) is 10.4. The van der Waals surface area contributed by atoms with Crippen molar-refractivity contribution < 1.29 is 4.39 Å². The summed E-state index contributed by atoms with van der Waals surface area (Å²) >= 11 is 0. The number of aromatic nitrogens is 2. The molecule has 1 aliphatic rings. The molecule has 0 saturated heterocycles.